The van der Waals surface area contributed by atoms with Gasteiger partial charge in [-0.2, -0.15) is 0 Å². The van der Waals surface area contributed by atoms with Crippen LogP contribution in [-0.4, -0.2) is 32.7 Å². The van der Waals surface area contributed by atoms with Gasteiger partial charge in [0.05, 0.1) is 5.41 Å². The molecular weight excluding hydrogens is 552 g/mol. The number of aliphatic hydroxyl groups excluding tert-OH is 1. The van der Waals surface area contributed by atoms with Crippen molar-refractivity contribution in [3.63, 3.8) is 0 Å². The molecule has 3 saturated carbocycles. The van der Waals surface area contributed by atoms with E-state index in [2.05, 4.69) is 26.5 Å². The van der Waals surface area contributed by atoms with Gasteiger partial charge in [-0.15, -0.1) is 0 Å². The summed E-state index contributed by atoms with van der Waals surface area (Å²) < 4.78 is 0. The number of ketones is 3. The topological polar surface area (TPSA) is 112 Å². The van der Waals surface area contributed by atoms with E-state index in [0.29, 0.717) is 12.8 Å². The average molecular weight is 603 g/mol. The second kappa shape index (κ2) is 11.2. The molecule has 1 spiro atoms. The van der Waals surface area contributed by atoms with E-state index in [-0.39, 0.29) is 47.5 Å². The first-order chi connectivity index (χ1) is 20.3. The molecule has 1 aromatic carbocycles. The molecule has 3 fully saturated rings. The normalized spacial score (nSPS) is 31.8. The number of Topliss-reactive ketones (excluding diaryl/α,β-unsaturated/α-hetero) is 3. The summed E-state index contributed by atoms with van der Waals surface area (Å²) in [4.78, 5) is 45.6. The number of phenolic OH excluding ortho intramolecular Hbond substituents is 2. The molecule has 0 aromatic heterocycles. The maximum Gasteiger partial charge on any atom is 0.184 e. The highest BCUT2D eigenvalue weighted by Crippen LogP contribution is 2.71. The molecule has 238 valence electrons. The summed E-state index contributed by atoms with van der Waals surface area (Å²) in [5.41, 5.74) is -1.75. The van der Waals surface area contributed by atoms with Gasteiger partial charge in [-0.05, 0) is 114 Å². The van der Waals surface area contributed by atoms with Gasteiger partial charge in [0, 0.05) is 5.56 Å². The summed E-state index contributed by atoms with van der Waals surface area (Å²) in [5.74, 6) is -3.50. The summed E-state index contributed by atoms with van der Waals surface area (Å²) in [7, 11) is 0. The van der Waals surface area contributed by atoms with Crippen LogP contribution >= 0.6 is 0 Å². The molecule has 2 bridgehead atoms. The highest BCUT2D eigenvalue weighted by Gasteiger charge is 2.77. The molecule has 5 unspecified atom stereocenters. The summed E-state index contributed by atoms with van der Waals surface area (Å²) in [6.45, 7) is 22.4. The third kappa shape index (κ3) is 4.80. The van der Waals surface area contributed by atoms with Gasteiger partial charge in [0.15, 0.2) is 28.8 Å². The van der Waals surface area contributed by atoms with Gasteiger partial charge < -0.3 is 15.3 Å². The number of aliphatic hydroxyl groups is 1. The van der Waals surface area contributed by atoms with Crippen LogP contribution in [0.3, 0.4) is 0 Å². The maximum atomic E-state index is 15.5. The van der Waals surface area contributed by atoms with E-state index in [0.717, 1.165) is 29.2 Å². The van der Waals surface area contributed by atoms with Gasteiger partial charge in [-0.3, -0.25) is 14.4 Å². The zero-order valence-corrected chi connectivity index (χ0v) is 27.9. The van der Waals surface area contributed by atoms with E-state index in [1.165, 1.54) is 12.1 Å². The van der Waals surface area contributed by atoms with Crippen LogP contribution in [-0.2, 0) is 14.4 Å². The van der Waals surface area contributed by atoms with E-state index >= 15 is 14.4 Å². The van der Waals surface area contributed by atoms with Crippen molar-refractivity contribution in [2.45, 2.75) is 94.4 Å². The van der Waals surface area contributed by atoms with Crippen molar-refractivity contribution in [2.75, 3.05) is 0 Å². The van der Waals surface area contributed by atoms with Crippen molar-refractivity contribution in [1.82, 2.24) is 0 Å². The fourth-order valence-electron chi connectivity index (χ4n) is 9.10. The Morgan fingerprint density at radius 3 is 2.07 bits per heavy atom. The maximum absolute atomic E-state index is 15.5. The predicted octanol–water partition coefficient (Wildman–Crippen LogP) is 8.45. The molecule has 6 heteroatoms. The van der Waals surface area contributed by atoms with Crippen LogP contribution in [0.1, 0.15) is 100.0 Å². The van der Waals surface area contributed by atoms with E-state index in [1.807, 2.05) is 54.5 Å². The van der Waals surface area contributed by atoms with Crippen molar-refractivity contribution >= 4 is 23.1 Å². The van der Waals surface area contributed by atoms with Crippen LogP contribution in [0.4, 0.5) is 0 Å². The highest BCUT2D eigenvalue weighted by atomic mass is 16.3. The Balaban J connectivity index is 2.17. The molecule has 0 heterocycles. The molecule has 3 aliphatic carbocycles. The number of hydrogen-bond acceptors (Lipinski definition) is 6. The first kappa shape index (κ1) is 33.5. The summed E-state index contributed by atoms with van der Waals surface area (Å²) in [6, 6.07) is 3.70. The van der Waals surface area contributed by atoms with E-state index in [9.17, 15) is 15.3 Å². The number of fused-ring (bicyclic) bond motifs is 1. The first-order valence-electron chi connectivity index (χ1n) is 15.8. The van der Waals surface area contributed by atoms with Gasteiger partial charge in [0.1, 0.15) is 16.7 Å². The fraction of sp³-hybridized carbons (Fsp3) is 0.553. The standard InChI is InChI=1S/C38H50O6/c1-21(2)11-13-26-27-15-14-25(23(5)6)35(7,8)20-37(27)32(42)30(31(41)24-12-16-28(39)29(40)19-24)33(43)38(34(37)44,36(26,9)10)18-17-22(3)4/h11-12,16-17,19,25-27,39-41H,5,13-15,18,20H2,1-4,6-10H3/b31-30+. The lowest BCUT2D eigenvalue weighted by Gasteiger charge is -2.64. The summed E-state index contributed by atoms with van der Waals surface area (Å²) in [6.07, 6.45) is 6.44. The monoisotopic (exact) mass is 602 g/mol. The third-order valence-corrected chi connectivity index (χ3v) is 11.3. The fourth-order valence-corrected chi connectivity index (χ4v) is 9.10. The number of allylic oxidation sites excluding steroid dienone is 6. The molecule has 0 saturated heterocycles. The summed E-state index contributed by atoms with van der Waals surface area (Å²) >= 11 is 0. The second-order valence-electron chi connectivity index (χ2n) is 15.4. The zero-order chi connectivity index (χ0) is 33.2. The van der Waals surface area contributed by atoms with Crippen LogP contribution in [0.5, 0.6) is 11.5 Å². The third-order valence-electron chi connectivity index (χ3n) is 11.3. The van der Waals surface area contributed by atoms with Crippen LogP contribution in [0.15, 0.2) is 59.2 Å². The van der Waals surface area contributed by atoms with Crippen LogP contribution < -0.4 is 0 Å². The van der Waals surface area contributed by atoms with E-state index in [4.69, 9.17) is 0 Å². The Labute approximate surface area is 262 Å². The van der Waals surface area contributed by atoms with Gasteiger partial charge in [0.2, 0.25) is 0 Å². The number of aromatic hydroxyl groups is 2. The quantitative estimate of drug-likeness (QED) is 0.0752. The molecule has 0 aliphatic heterocycles. The molecule has 0 radical (unpaired) electrons. The molecule has 0 amide bonds. The van der Waals surface area contributed by atoms with Crippen LogP contribution in [0.2, 0.25) is 0 Å². The minimum Gasteiger partial charge on any atom is -0.506 e. The molecule has 6 nitrogen and oxygen atoms in total. The average Bonchev–Trinajstić information content (AvgIpc) is 3.02. The Morgan fingerprint density at radius 2 is 1.52 bits per heavy atom. The van der Waals surface area contributed by atoms with Gasteiger partial charge in [0.25, 0.3) is 0 Å². The number of carbonyl (C=O) groups is 3. The largest absolute Gasteiger partial charge is 0.506 e. The molecule has 1 aromatic rings. The van der Waals surface area contributed by atoms with Crippen molar-refractivity contribution < 1.29 is 29.7 Å². The minimum atomic E-state index is -1.60. The van der Waals surface area contributed by atoms with Crippen molar-refractivity contribution in [3.05, 3.63) is 64.8 Å². The van der Waals surface area contributed by atoms with Crippen LogP contribution in [0, 0.1) is 39.4 Å². The zero-order valence-electron chi connectivity index (χ0n) is 27.9. The van der Waals surface area contributed by atoms with Crippen molar-refractivity contribution in [1.29, 1.82) is 0 Å². The van der Waals surface area contributed by atoms with Gasteiger partial charge >= 0.3 is 0 Å². The second-order valence-corrected chi connectivity index (χ2v) is 15.4. The molecule has 5 atom stereocenters. The lowest BCUT2D eigenvalue weighted by Crippen LogP contribution is -2.73. The number of rotatable bonds is 6. The van der Waals surface area contributed by atoms with E-state index < -0.39 is 50.5 Å². The van der Waals surface area contributed by atoms with Crippen LogP contribution in [0.25, 0.3) is 5.76 Å². The Morgan fingerprint density at radius 1 is 0.909 bits per heavy atom. The Bertz CT molecular complexity index is 1510. The molecular formula is C38H50O6. The number of hydrogen-bond donors (Lipinski definition) is 3. The Kier molecular flexibility index (Phi) is 8.51. The molecule has 44 heavy (non-hydrogen) atoms. The highest BCUT2D eigenvalue weighted by molar-refractivity contribution is 6.41. The van der Waals surface area contributed by atoms with Gasteiger partial charge in [-0.1, -0.05) is 63.1 Å². The molecule has 3 N–H and O–H groups in total. The van der Waals surface area contributed by atoms with Gasteiger partial charge in [-0.25, -0.2) is 0 Å². The van der Waals surface area contributed by atoms with E-state index in [1.54, 1.807) is 0 Å². The Hall–Kier alpha value is -3.41. The molecule has 4 rings (SSSR count). The molecule has 3 aliphatic rings. The number of phenols is 2. The lowest BCUT2D eigenvalue weighted by atomic mass is 9.35. The SMILES string of the molecule is C=C(C)C1CCC2C(CC=C(C)C)C(C)(C)C3(CC=C(C)C)C(=O)/C(=C(/O)c4ccc(O)c(O)c4)C(=O)C2(CC1(C)C)C3=O. The predicted molar refractivity (Wildman–Crippen MR) is 174 cm³/mol. The number of carbonyl (C=O) groups excluding carboxylic acids is 3. The van der Waals surface area contributed by atoms with Crippen molar-refractivity contribution in [3.8, 4) is 11.5 Å². The lowest BCUT2D eigenvalue weighted by molar-refractivity contribution is -0.188. The smallest absolute Gasteiger partial charge is 0.184 e. The summed E-state index contributed by atoms with van der Waals surface area (Å²) in [5, 5.41) is 31.9. The van der Waals surface area contributed by atoms with Crippen molar-refractivity contribution in [2.24, 2.45) is 39.4 Å². The minimum absolute atomic E-state index is 0.0290. The number of benzene rings is 1. The first-order valence-corrected chi connectivity index (χ1v) is 15.8.